The lowest BCUT2D eigenvalue weighted by Gasteiger charge is -2.31. The number of rotatable bonds is 4. The minimum absolute atomic E-state index is 0.0970. The lowest BCUT2D eigenvalue weighted by molar-refractivity contribution is 0.587. The highest BCUT2D eigenvalue weighted by Gasteiger charge is 2.48. The molecule has 0 radical (unpaired) electrons. The van der Waals surface area contributed by atoms with Gasteiger partial charge in [-0.2, -0.15) is 0 Å². The molecule has 184 valence electrons. The molecule has 0 aliphatic carbocycles. The van der Waals surface area contributed by atoms with Crippen molar-refractivity contribution in [2.24, 2.45) is 0 Å². The van der Waals surface area contributed by atoms with Gasteiger partial charge in [-0.15, -0.1) is 0 Å². The van der Waals surface area contributed by atoms with Crippen LogP contribution < -0.4 is 9.34 Å². The Morgan fingerprint density at radius 2 is 0.833 bits per heavy atom. The minimum Gasteiger partial charge on any atom is -0.298 e. The van der Waals surface area contributed by atoms with E-state index in [1.807, 2.05) is 0 Å². The topological polar surface area (TPSA) is 23.6 Å². The maximum Gasteiger partial charge on any atom is 0.252 e. The third-order valence-corrected chi connectivity index (χ3v) is 9.13. The third kappa shape index (κ3) is 4.16. The summed E-state index contributed by atoms with van der Waals surface area (Å²) in [7, 11) is -2.43. The number of anilines is 2. The number of benzene rings is 4. The van der Waals surface area contributed by atoms with Crippen LogP contribution in [0.4, 0.5) is 11.4 Å². The summed E-state index contributed by atoms with van der Waals surface area (Å²) < 4.78 is 19.4. The van der Waals surface area contributed by atoms with Crippen molar-refractivity contribution in [3.63, 3.8) is 0 Å². The molecule has 0 amide bonds. The molecular weight excluding hydrogens is 459 g/mol. The van der Waals surface area contributed by atoms with Crippen molar-refractivity contribution in [3.05, 3.63) is 129 Å². The first-order chi connectivity index (χ1) is 17.3. The molecule has 1 aliphatic rings. The Morgan fingerprint density at radius 1 is 0.528 bits per heavy atom. The van der Waals surface area contributed by atoms with Gasteiger partial charge in [-0.1, -0.05) is 96.1 Å². The van der Waals surface area contributed by atoms with Crippen molar-refractivity contribution in [1.29, 1.82) is 0 Å². The van der Waals surface area contributed by atoms with E-state index in [0.717, 1.165) is 33.6 Å². The monoisotopic (exact) mass is 494 g/mol. The summed E-state index contributed by atoms with van der Waals surface area (Å²) in [4.78, 5) is 0. The second kappa shape index (κ2) is 9.64. The Labute approximate surface area is 216 Å². The van der Waals surface area contributed by atoms with E-state index in [1.165, 1.54) is 22.3 Å². The van der Waals surface area contributed by atoms with Crippen LogP contribution in [0.1, 0.15) is 56.6 Å². The molecule has 1 saturated heterocycles. The van der Waals surface area contributed by atoms with Crippen LogP contribution in [-0.2, 0) is 4.57 Å². The molecule has 0 bridgehead atoms. The maximum absolute atomic E-state index is 14.9. The fourth-order valence-corrected chi connectivity index (χ4v) is 8.55. The smallest absolute Gasteiger partial charge is 0.252 e. The van der Waals surface area contributed by atoms with E-state index in [4.69, 9.17) is 0 Å². The lowest BCUT2D eigenvalue weighted by Crippen LogP contribution is -2.25. The van der Waals surface area contributed by atoms with Gasteiger partial charge in [0.25, 0.3) is 8.10 Å². The average molecular weight is 495 g/mol. The normalized spacial score (nSPS) is 18.2. The van der Waals surface area contributed by atoms with Crippen LogP contribution in [0.15, 0.2) is 84.9 Å². The Hall–Kier alpha value is -3.29. The van der Waals surface area contributed by atoms with Crippen LogP contribution in [0, 0.1) is 41.5 Å². The Kier molecular flexibility index (Phi) is 6.53. The number of aryl methyl sites for hydroxylation is 6. The van der Waals surface area contributed by atoms with Crippen molar-refractivity contribution in [2.45, 2.75) is 53.6 Å². The molecule has 0 unspecified atom stereocenters. The molecule has 1 heterocycles. The largest absolute Gasteiger partial charge is 0.298 e. The zero-order valence-electron chi connectivity index (χ0n) is 22.0. The maximum atomic E-state index is 14.9. The fourth-order valence-electron chi connectivity index (χ4n) is 6.17. The van der Waals surface area contributed by atoms with E-state index in [9.17, 15) is 4.57 Å². The second-order valence-corrected chi connectivity index (χ2v) is 11.8. The van der Waals surface area contributed by atoms with Gasteiger partial charge in [0.15, 0.2) is 0 Å². The standard InChI is InChI=1S/C32H35N2OP/c1-21-17-23(3)29(24(4)18-21)33-31(27-13-9-7-10-14-27)32(28-15-11-8-12-16-28)34(36(33)35)30-25(5)19-22(2)20-26(30)6/h7-20,31-32,36H,1-6H3/t31-,32-/m0/s1. The number of hydrogen-bond acceptors (Lipinski definition) is 1. The van der Waals surface area contributed by atoms with Gasteiger partial charge < -0.3 is 0 Å². The zero-order chi connectivity index (χ0) is 25.6. The summed E-state index contributed by atoms with van der Waals surface area (Å²) >= 11 is 0. The predicted molar refractivity (Wildman–Crippen MR) is 154 cm³/mol. The Morgan fingerprint density at radius 3 is 1.14 bits per heavy atom. The zero-order valence-corrected chi connectivity index (χ0v) is 23.0. The van der Waals surface area contributed by atoms with Crippen LogP contribution in [0.2, 0.25) is 0 Å². The number of nitrogens with zero attached hydrogens (tertiary/aromatic N) is 2. The Balaban J connectivity index is 1.83. The van der Waals surface area contributed by atoms with Crippen molar-refractivity contribution in [2.75, 3.05) is 9.34 Å². The van der Waals surface area contributed by atoms with Crippen LogP contribution in [0.3, 0.4) is 0 Å². The lowest BCUT2D eigenvalue weighted by atomic mass is 9.91. The molecule has 5 rings (SSSR count). The van der Waals surface area contributed by atoms with Crippen molar-refractivity contribution >= 4 is 19.5 Å². The molecule has 1 aliphatic heterocycles. The van der Waals surface area contributed by atoms with E-state index in [-0.39, 0.29) is 12.1 Å². The first-order valence-electron chi connectivity index (χ1n) is 12.7. The molecule has 36 heavy (non-hydrogen) atoms. The van der Waals surface area contributed by atoms with E-state index < -0.39 is 8.10 Å². The molecular formula is C32H35N2OP. The predicted octanol–water partition coefficient (Wildman–Crippen LogP) is 8.74. The van der Waals surface area contributed by atoms with Crippen LogP contribution in [0.5, 0.6) is 0 Å². The summed E-state index contributed by atoms with van der Waals surface area (Å²) in [5.41, 5.74) is 11.6. The van der Waals surface area contributed by atoms with Gasteiger partial charge in [-0.25, -0.2) is 0 Å². The summed E-state index contributed by atoms with van der Waals surface area (Å²) in [5.74, 6) is 0. The molecule has 4 aromatic rings. The third-order valence-electron chi connectivity index (χ3n) is 7.30. The van der Waals surface area contributed by atoms with Gasteiger partial charge in [0, 0.05) is 0 Å². The van der Waals surface area contributed by atoms with Crippen LogP contribution in [-0.4, -0.2) is 0 Å². The Bertz CT molecular complexity index is 1280. The van der Waals surface area contributed by atoms with Crippen LogP contribution in [0.25, 0.3) is 0 Å². The average Bonchev–Trinajstić information content (AvgIpc) is 3.11. The van der Waals surface area contributed by atoms with Gasteiger partial charge in [-0.3, -0.25) is 13.9 Å². The summed E-state index contributed by atoms with van der Waals surface area (Å²) in [5, 5.41) is 0. The van der Waals surface area contributed by atoms with E-state index in [2.05, 4.69) is 136 Å². The molecule has 4 aromatic carbocycles. The van der Waals surface area contributed by atoms with Gasteiger partial charge in [-0.05, 0) is 74.9 Å². The molecule has 0 N–H and O–H groups in total. The highest BCUT2D eigenvalue weighted by Crippen LogP contribution is 2.63. The van der Waals surface area contributed by atoms with E-state index in [0.29, 0.717) is 0 Å². The molecule has 4 heteroatoms. The minimum atomic E-state index is -2.43. The van der Waals surface area contributed by atoms with Gasteiger partial charge in [0.2, 0.25) is 0 Å². The van der Waals surface area contributed by atoms with Crippen molar-refractivity contribution in [1.82, 2.24) is 0 Å². The molecule has 2 atom stereocenters. The summed E-state index contributed by atoms with van der Waals surface area (Å²) in [6, 6.07) is 29.8. The van der Waals surface area contributed by atoms with Gasteiger partial charge >= 0.3 is 0 Å². The molecule has 1 fully saturated rings. The molecule has 0 aromatic heterocycles. The first-order valence-corrected chi connectivity index (χ1v) is 14.0. The van der Waals surface area contributed by atoms with E-state index >= 15 is 0 Å². The molecule has 3 nitrogen and oxygen atoms in total. The molecule has 0 saturated carbocycles. The van der Waals surface area contributed by atoms with Crippen LogP contribution >= 0.6 is 8.10 Å². The second-order valence-electron chi connectivity index (χ2n) is 10.2. The van der Waals surface area contributed by atoms with E-state index in [1.54, 1.807) is 0 Å². The number of hydrogen-bond donors (Lipinski definition) is 0. The summed E-state index contributed by atoms with van der Waals surface area (Å²) in [6.45, 7) is 12.8. The highest BCUT2D eigenvalue weighted by molar-refractivity contribution is 7.49. The summed E-state index contributed by atoms with van der Waals surface area (Å²) in [6.07, 6.45) is 0. The van der Waals surface area contributed by atoms with Crippen molar-refractivity contribution in [3.8, 4) is 0 Å². The molecule has 0 spiro atoms. The van der Waals surface area contributed by atoms with Gasteiger partial charge in [0.1, 0.15) is 0 Å². The van der Waals surface area contributed by atoms with Crippen molar-refractivity contribution < 1.29 is 4.57 Å². The fraction of sp³-hybridized carbons (Fsp3) is 0.250. The van der Waals surface area contributed by atoms with Gasteiger partial charge in [0.05, 0.1) is 23.5 Å². The quantitative estimate of drug-likeness (QED) is 0.265. The highest BCUT2D eigenvalue weighted by atomic mass is 31.1. The first kappa shape index (κ1) is 24.4. The SMILES string of the molecule is Cc1cc(C)c(N2[C@@H](c3ccccc3)[C@H](c3ccccc3)N(c3c(C)cc(C)cc3C)[PH]2=O)c(C)c1.